The Kier molecular flexibility index (Phi) is 8.40. The van der Waals surface area contributed by atoms with Crippen LogP contribution >= 0.6 is 22.9 Å². The monoisotopic (exact) mass is 623 g/mol. The Bertz CT molecular complexity index is 1660. The van der Waals surface area contributed by atoms with Gasteiger partial charge in [-0.05, 0) is 67.0 Å². The van der Waals surface area contributed by atoms with Crippen molar-refractivity contribution in [1.82, 2.24) is 4.90 Å². The second-order valence-corrected chi connectivity index (χ2v) is 11.9. The van der Waals surface area contributed by atoms with Gasteiger partial charge in [-0.15, -0.1) is 11.3 Å². The molecule has 0 spiro atoms. The van der Waals surface area contributed by atoms with Gasteiger partial charge in [-0.1, -0.05) is 48.9 Å². The van der Waals surface area contributed by atoms with Crippen molar-refractivity contribution in [3.8, 4) is 11.1 Å². The van der Waals surface area contributed by atoms with Crippen molar-refractivity contribution in [1.29, 1.82) is 0 Å². The number of amides is 1. The van der Waals surface area contributed by atoms with Crippen LogP contribution in [-0.4, -0.2) is 28.8 Å². The first-order chi connectivity index (χ1) is 19.8. The summed E-state index contributed by atoms with van der Waals surface area (Å²) in [6.45, 7) is 1.94. The first-order valence-corrected chi connectivity index (χ1v) is 14.4. The number of thiophene rings is 1. The van der Waals surface area contributed by atoms with Gasteiger partial charge in [0.25, 0.3) is 11.7 Å². The molecule has 1 saturated carbocycles. The van der Waals surface area contributed by atoms with Crippen molar-refractivity contribution in [2.45, 2.75) is 51.4 Å². The molecular formula is C31H24ClF6NO2S. The average molecular weight is 624 g/mol. The number of nitrogens with zero attached hydrogens (tertiary/aromatic N) is 1. The van der Waals surface area contributed by atoms with Crippen LogP contribution in [0, 0.1) is 23.4 Å². The smallest absolute Gasteiger partial charge is 0.330 e. The van der Waals surface area contributed by atoms with E-state index in [0.29, 0.717) is 29.9 Å². The highest BCUT2D eigenvalue weighted by molar-refractivity contribution is 7.21. The normalized spacial score (nSPS) is 17.4. The zero-order valence-electron chi connectivity index (χ0n) is 22.2. The Labute approximate surface area is 246 Å². The molecule has 4 aromatic rings. The third kappa shape index (κ3) is 5.92. The maximum atomic E-state index is 15.2. The molecule has 1 fully saturated rings. The number of hydrogen-bond acceptors (Lipinski definition) is 3. The quantitative estimate of drug-likeness (QED) is 0.158. The summed E-state index contributed by atoms with van der Waals surface area (Å²) in [6, 6.07) is 10.5. The number of carbonyl (C=O) groups is 2. The number of hydrogen-bond donors (Lipinski definition) is 0. The summed E-state index contributed by atoms with van der Waals surface area (Å²) in [5, 5.41) is -0.378. The second kappa shape index (κ2) is 11.7. The molecular weight excluding hydrogens is 600 g/mol. The van der Waals surface area contributed by atoms with E-state index in [9.17, 15) is 31.5 Å². The van der Waals surface area contributed by atoms with Crippen LogP contribution in [0.15, 0.2) is 54.6 Å². The Morgan fingerprint density at radius 1 is 0.881 bits per heavy atom. The Morgan fingerprint density at radius 3 is 2.10 bits per heavy atom. The van der Waals surface area contributed by atoms with Crippen molar-refractivity contribution >= 4 is 44.7 Å². The summed E-state index contributed by atoms with van der Waals surface area (Å²) in [4.78, 5) is 26.9. The highest BCUT2D eigenvalue weighted by atomic mass is 35.5. The fourth-order valence-electron chi connectivity index (χ4n) is 5.32. The second-order valence-electron chi connectivity index (χ2n) is 10.5. The molecule has 1 aliphatic rings. The van der Waals surface area contributed by atoms with Crippen LogP contribution in [0.5, 0.6) is 0 Å². The number of alkyl halides is 3. The zero-order chi connectivity index (χ0) is 30.3. The minimum absolute atomic E-state index is 0.0456. The van der Waals surface area contributed by atoms with E-state index in [1.165, 1.54) is 35.2 Å². The van der Waals surface area contributed by atoms with Crippen LogP contribution in [0.3, 0.4) is 0 Å². The SMILES string of the molecule is CC1CCC(N(Cc2cc(-c3ccc(C(=O)C(F)(F)F)cc3)ccc2F)C(=O)c2sc3c(F)ccc(F)c3c2Cl)CC1. The summed E-state index contributed by atoms with van der Waals surface area (Å²) >= 11 is 7.17. The van der Waals surface area contributed by atoms with Crippen LogP contribution < -0.4 is 0 Å². The third-order valence-electron chi connectivity index (χ3n) is 7.69. The van der Waals surface area contributed by atoms with Gasteiger partial charge in [-0.25, -0.2) is 13.2 Å². The van der Waals surface area contributed by atoms with Crippen LogP contribution in [0.4, 0.5) is 26.3 Å². The number of ketones is 1. The highest BCUT2D eigenvalue weighted by Crippen LogP contribution is 2.40. The first kappa shape index (κ1) is 30.1. The molecule has 0 aliphatic heterocycles. The van der Waals surface area contributed by atoms with Gasteiger partial charge in [0.15, 0.2) is 0 Å². The van der Waals surface area contributed by atoms with Gasteiger partial charge in [0.1, 0.15) is 22.3 Å². The minimum Gasteiger partial charge on any atom is -0.330 e. The fraction of sp³-hybridized carbons (Fsp3) is 0.290. The molecule has 1 amide bonds. The van der Waals surface area contributed by atoms with Gasteiger partial charge >= 0.3 is 6.18 Å². The van der Waals surface area contributed by atoms with E-state index in [4.69, 9.17) is 11.6 Å². The molecule has 5 rings (SSSR count). The Hall–Kier alpha value is -3.37. The maximum absolute atomic E-state index is 15.2. The third-order valence-corrected chi connectivity index (χ3v) is 9.36. The van der Waals surface area contributed by atoms with Crippen molar-refractivity contribution < 1.29 is 35.9 Å². The lowest BCUT2D eigenvalue weighted by Gasteiger charge is -2.36. The molecule has 0 N–H and O–H groups in total. The van der Waals surface area contributed by atoms with Gasteiger partial charge in [0.2, 0.25) is 0 Å². The average Bonchev–Trinajstić information content (AvgIpc) is 3.32. The molecule has 0 saturated heterocycles. The molecule has 0 atom stereocenters. The molecule has 42 heavy (non-hydrogen) atoms. The number of Topliss-reactive ketones (excluding diaryl/α,β-unsaturated/α-hetero) is 1. The molecule has 0 radical (unpaired) electrons. The molecule has 3 aromatic carbocycles. The van der Waals surface area contributed by atoms with Crippen molar-refractivity contribution in [3.05, 3.63) is 93.1 Å². The highest BCUT2D eigenvalue weighted by Gasteiger charge is 2.39. The maximum Gasteiger partial charge on any atom is 0.454 e. The number of fused-ring (bicyclic) bond motifs is 1. The Balaban J connectivity index is 1.50. The van der Waals surface area contributed by atoms with E-state index in [0.717, 1.165) is 48.4 Å². The van der Waals surface area contributed by atoms with E-state index < -0.39 is 40.9 Å². The molecule has 3 nitrogen and oxygen atoms in total. The standard InChI is InChI=1S/C31H24ClF6NO2S/c1-16-2-9-21(10-3-16)39(30(41)28-26(32)25-23(34)12-13-24(35)27(25)42-28)15-20-14-19(8-11-22(20)33)17-4-6-18(7-5-17)29(40)31(36,37)38/h4-8,11-14,16,21H,2-3,9-10,15H2,1H3. The summed E-state index contributed by atoms with van der Waals surface area (Å²) in [6.07, 6.45) is -2.04. The van der Waals surface area contributed by atoms with Crippen LogP contribution in [0.1, 0.15) is 58.2 Å². The number of rotatable bonds is 6. The lowest BCUT2D eigenvalue weighted by atomic mass is 9.86. The number of carbonyl (C=O) groups excluding carboxylic acids is 2. The Morgan fingerprint density at radius 2 is 1.48 bits per heavy atom. The minimum atomic E-state index is -5.01. The fourth-order valence-corrected chi connectivity index (χ4v) is 6.83. The van der Waals surface area contributed by atoms with Gasteiger partial charge in [0, 0.05) is 23.7 Å². The molecule has 0 bridgehead atoms. The summed E-state index contributed by atoms with van der Waals surface area (Å²) in [5.41, 5.74) is 0.526. The molecule has 11 heteroatoms. The molecule has 1 heterocycles. The van der Waals surface area contributed by atoms with E-state index in [-0.39, 0.29) is 38.1 Å². The van der Waals surface area contributed by atoms with Crippen LogP contribution in [-0.2, 0) is 6.54 Å². The number of benzene rings is 3. The lowest BCUT2D eigenvalue weighted by molar-refractivity contribution is -0.0885. The van der Waals surface area contributed by atoms with Crippen molar-refractivity contribution in [2.24, 2.45) is 5.92 Å². The van der Waals surface area contributed by atoms with Gasteiger partial charge in [0.05, 0.1) is 15.1 Å². The largest absolute Gasteiger partial charge is 0.454 e. The predicted molar refractivity (Wildman–Crippen MR) is 150 cm³/mol. The van der Waals surface area contributed by atoms with Crippen molar-refractivity contribution in [3.63, 3.8) is 0 Å². The molecule has 220 valence electrons. The topological polar surface area (TPSA) is 37.4 Å². The molecule has 1 aromatic heterocycles. The molecule has 1 aliphatic carbocycles. The van der Waals surface area contributed by atoms with E-state index in [1.54, 1.807) is 0 Å². The van der Waals surface area contributed by atoms with Gasteiger partial charge < -0.3 is 4.90 Å². The summed E-state index contributed by atoms with van der Waals surface area (Å²) in [7, 11) is 0. The van der Waals surface area contributed by atoms with Crippen LogP contribution in [0.25, 0.3) is 21.2 Å². The number of halogens is 7. The summed E-state index contributed by atoms with van der Waals surface area (Å²) in [5.74, 6) is -4.17. The van der Waals surface area contributed by atoms with Crippen LogP contribution in [0.2, 0.25) is 5.02 Å². The zero-order valence-corrected chi connectivity index (χ0v) is 23.8. The first-order valence-electron chi connectivity index (χ1n) is 13.2. The lowest BCUT2D eigenvalue weighted by Crippen LogP contribution is -2.41. The van der Waals surface area contributed by atoms with E-state index in [2.05, 4.69) is 6.92 Å². The van der Waals surface area contributed by atoms with Gasteiger partial charge in [-0.3, -0.25) is 9.59 Å². The summed E-state index contributed by atoms with van der Waals surface area (Å²) < 4.78 is 82.5. The molecule has 0 unspecified atom stereocenters. The predicted octanol–water partition coefficient (Wildman–Crippen LogP) is 9.61. The van der Waals surface area contributed by atoms with Crippen molar-refractivity contribution in [2.75, 3.05) is 0 Å². The van der Waals surface area contributed by atoms with Gasteiger partial charge in [-0.2, -0.15) is 13.2 Å². The van der Waals surface area contributed by atoms with E-state index in [1.807, 2.05) is 0 Å². The van der Waals surface area contributed by atoms with E-state index >= 15 is 4.39 Å².